The second kappa shape index (κ2) is 7.79. The molecule has 0 spiro atoms. The van der Waals surface area contributed by atoms with Crippen LogP contribution in [0.5, 0.6) is 5.75 Å². The van der Waals surface area contributed by atoms with Crippen molar-refractivity contribution in [1.29, 1.82) is 0 Å². The van der Waals surface area contributed by atoms with Crippen LogP contribution in [0.3, 0.4) is 0 Å². The SMILES string of the molecule is CS[C@@H](C)C(=O)N[C@@H](C)c1ccc(OCC(N)=O)cc1. The van der Waals surface area contributed by atoms with E-state index in [2.05, 4.69) is 5.32 Å². The standard InChI is InChI=1S/C14H20N2O3S/c1-9(16-14(18)10(2)20-3)11-4-6-12(7-5-11)19-8-13(15)17/h4-7,9-10H,8H2,1-3H3,(H2,15,17)(H,16,18)/t9-,10-/m0/s1. The average Bonchev–Trinajstić information content (AvgIpc) is 2.44. The zero-order chi connectivity index (χ0) is 15.1. The number of thioether (sulfide) groups is 1. The monoisotopic (exact) mass is 296 g/mol. The van der Waals surface area contributed by atoms with Gasteiger partial charge < -0.3 is 15.8 Å². The summed E-state index contributed by atoms with van der Waals surface area (Å²) in [7, 11) is 0. The highest BCUT2D eigenvalue weighted by Gasteiger charge is 2.14. The normalized spacial score (nSPS) is 13.3. The molecular formula is C14H20N2O3S. The predicted molar refractivity (Wildman–Crippen MR) is 80.7 cm³/mol. The van der Waals surface area contributed by atoms with Gasteiger partial charge in [0.15, 0.2) is 6.61 Å². The number of nitrogens with two attached hydrogens (primary N) is 1. The van der Waals surface area contributed by atoms with Crippen molar-refractivity contribution in [2.45, 2.75) is 25.1 Å². The lowest BCUT2D eigenvalue weighted by molar-refractivity contribution is -0.121. The molecule has 0 radical (unpaired) electrons. The summed E-state index contributed by atoms with van der Waals surface area (Å²) >= 11 is 1.51. The minimum Gasteiger partial charge on any atom is -0.484 e. The molecule has 1 aromatic rings. The lowest BCUT2D eigenvalue weighted by Crippen LogP contribution is -2.32. The Kier molecular flexibility index (Phi) is 6.38. The van der Waals surface area contributed by atoms with E-state index in [0.717, 1.165) is 5.56 Å². The number of amides is 2. The Labute approximate surface area is 123 Å². The van der Waals surface area contributed by atoms with Gasteiger partial charge in [-0.15, -0.1) is 0 Å². The van der Waals surface area contributed by atoms with Gasteiger partial charge in [-0.25, -0.2) is 0 Å². The van der Waals surface area contributed by atoms with Crippen molar-refractivity contribution in [2.24, 2.45) is 5.73 Å². The number of nitrogens with one attached hydrogen (secondary N) is 1. The highest BCUT2D eigenvalue weighted by Crippen LogP contribution is 2.18. The molecule has 0 aliphatic carbocycles. The quantitative estimate of drug-likeness (QED) is 0.798. The molecule has 0 heterocycles. The van der Waals surface area contributed by atoms with E-state index in [0.29, 0.717) is 5.75 Å². The molecule has 1 rings (SSSR count). The Morgan fingerprint density at radius 1 is 1.30 bits per heavy atom. The molecule has 0 bridgehead atoms. The third-order valence-electron chi connectivity index (χ3n) is 2.84. The van der Waals surface area contributed by atoms with Gasteiger partial charge in [-0.2, -0.15) is 11.8 Å². The molecule has 20 heavy (non-hydrogen) atoms. The van der Waals surface area contributed by atoms with Crippen LogP contribution >= 0.6 is 11.8 Å². The van der Waals surface area contributed by atoms with Crippen molar-refractivity contribution in [3.05, 3.63) is 29.8 Å². The van der Waals surface area contributed by atoms with Gasteiger partial charge >= 0.3 is 0 Å². The second-order valence-electron chi connectivity index (χ2n) is 4.43. The van der Waals surface area contributed by atoms with Crippen LogP contribution in [0.15, 0.2) is 24.3 Å². The fourth-order valence-corrected chi connectivity index (χ4v) is 1.81. The molecule has 6 heteroatoms. The number of benzene rings is 1. The number of primary amides is 1. The molecule has 3 N–H and O–H groups in total. The third kappa shape index (κ3) is 5.13. The first-order valence-corrected chi connectivity index (χ1v) is 7.57. The molecule has 0 aliphatic heterocycles. The first kappa shape index (κ1) is 16.4. The van der Waals surface area contributed by atoms with Gasteiger partial charge in [0.2, 0.25) is 5.91 Å². The van der Waals surface area contributed by atoms with Crippen LogP contribution in [-0.2, 0) is 9.59 Å². The maximum Gasteiger partial charge on any atom is 0.255 e. The van der Waals surface area contributed by atoms with Gasteiger partial charge in [0.05, 0.1) is 11.3 Å². The molecule has 2 amide bonds. The third-order valence-corrected chi connectivity index (χ3v) is 3.76. The van der Waals surface area contributed by atoms with Gasteiger partial charge in [0.1, 0.15) is 5.75 Å². The van der Waals surface area contributed by atoms with Crippen LogP contribution in [0.25, 0.3) is 0 Å². The minimum absolute atomic E-state index is 0.0130. The molecular weight excluding hydrogens is 276 g/mol. The second-order valence-corrected chi connectivity index (χ2v) is 5.61. The summed E-state index contributed by atoms with van der Waals surface area (Å²) in [6.45, 7) is 3.65. The van der Waals surface area contributed by atoms with Gasteiger partial charge in [0.25, 0.3) is 5.91 Å². The van der Waals surface area contributed by atoms with E-state index in [1.54, 1.807) is 12.1 Å². The van der Waals surface area contributed by atoms with E-state index in [1.165, 1.54) is 11.8 Å². The molecule has 0 saturated heterocycles. The summed E-state index contributed by atoms with van der Waals surface area (Å²) in [6.07, 6.45) is 1.90. The number of carbonyl (C=O) groups is 2. The van der Waals surface area contributed by atoms with Crippen molar-refractivity contribution in [2.75, 3.05) is 12.9 Å². The topological polar surface area (TPSA) is 81.4 Å². The number of ether oxygens (including phenoxy) is 1. The summed E-state index contributed by atoms with van der Waals surface area (Å²) in [5.41, 5.74) is 5.97. The molecule has 0 unspecified atom stereocenters. The highest BCUT2D eigenvalue weighted by atomic mass is 32.2. The van der Waals surface area contributed by atoms with Crippen LogP contribution < -0.4 is 15.8 Å². The number of rotatable bonds is 7. The van der Waals surface area contributed by atoms with Crippen LogP contribution in [0.2, 0.25) is 0 Å². The summed E-state index contributed by atoms with van der Waals surface area (Å²) in [5.74, 6) is 0.0726. The molecule has 2 atom stereocenters. The van der Waals surface area contributed by atoms with Crippen molar-refractivity contribution in [1.82, 2.24) is 5.32 Å². The predicted octanol–water partition coefficient (Wildman–Crippen LogP) is 1.48. The molecule has 0 saturated carbocycles. The maximum absolute atomic E-state index is 11.8. The zero-order valence-corrected chi connectivity index (χ0v) is 12.7. The van der Waals surface area contributed by atoms with Crippen molar-refractivity contribution >= 4 is 23.6 Å². The number of hydrogen-bond donors (Lipinski definition) is 2. The Morgan fingerprint density at radius 3 is 2.40 bits per heavy atom. The van der Waals surface area contributed by atoms with E-state index in [1.807, 2.05) is 32.2 Å². The minimum atomic E-state index is -0.513. The smallest absolute Gasteiger partial charge is 0.255 e. The molecule has 110 valence electrons. The van der Waals surface area contributed by atoms with Crippen LogP contribution in [0.1, 0.15) is 25.5 Å². The van der Waals surface area contributed by atoms with Crippen molar-refractivity contribution < 1.29 is 14.3 Å². The number of hydrogen-bond acceptors (Lipinski definition) is 4. The summed E-state index contributed by atoms with van der Waals surface area (Å²) < 4.78 is 5.17. The van der Waals surface area contributed by atoms with Gasteiger partial charge in [-0.3, -0.25) is 9.59 Å². The van der Waals surface area contributed by atoms with E-state index < -0.39 is 5.91 Å². The summed E-state index contributed by atoms with van der Waals surface area (Å²) in [5, 5.41) is 2.87. The first-order chi connectivity index (χ1) is 9.43. The summed E-state index contributed by atoms with van der Waals surface area (Å²) in [4.78, 5) is 22.4. The molecule has 0 aliphatic rings. The fourth-order valence-electron chi connectivity index (χ4n) is 1.53. The summed E-state index contributed by atoms with van der Waals surface area (Å²) in [6, 6.07) is 7.12. The Bertz CT molecular complexity index is 462. The number of carbonyl (C=O) groups excluding carboxylic acids is 2. The van der Waals surface area contributed by atoms with E-state index in [-0.39, 0.29) is 23.8 Å². The van der Waals surface area contributed by atoms with Crippen molar-refractivity contribution in [3.63, 3.8) is 0 Å². The first-order valence-electron chi connectivity index (χ1n) is 6.28. The van der Waals surface area contributed by atoms with Crippen LogP contribution in [0.4, 0.5) is 0 Å². The Morgan fingerprint density at radius 2 is 1.90 bits per heavy atom. The van der Waals surface area contributed by atoms with E-state index in [9.17, 15) is 9.59 Å². The molecule has 0 aromatic heterocycles. The van der Waals surface area contributed by atoms with Crippen LogP contribution in [0, 0.1) is 0 Å². The lowest BCUT2D eigenvalue weighted by atomic mass is 10.1. The van der Waals surface area contributed by atoms with Crippen LogP contribution in [-0.4, -0.2) is 29.9 Å². The Hall–Kier alpha value is -1.69. The maximum atomic E-state index is 11.8. The molecule has 1 aromatic carbocycles. The van der Waals surface area contributed by atoms with Gasteiger partial charge in [-0.05, 0) is 37.8 Å². The fraction of sp³-hybridized carbons (Fsp3) is 0.429. The molecule has 0 fully saturated rings. The van der Waals surface area contributed by atoms with Gasteiger partial charge in [-0.1, -0.05) is 12.1 Å². The highest BCUT2D eigenvalue weighted by molar-refractivity contribution is 7.99. The lowest BCUT2D eigenvalue weighted by Gasteiger charge is -2.17. The van der Waals surface area contributed by atoms with E-state index in [4.69, 9.17) is 10.5 Å². The van der Waals surface area contributed by atoms with Crippen molar-refractivity contribution in [3.8, 4) is 5.75 Å². The average molecular weight is 296 g/mol. The Balaban J connectivity index is 2.59. The largest absolute Gasteiger partial charge is 0.484 e. The molecule has 5 nitrogen and oxygen atoms in total. The van der Waals surface area contributed by atoms with Gasteiger partial charge in [0, 0.05) is 0 Å². The zero-order valence-electron chi connectivity index (χ0n) is 11.9. The van der Waals surface area contributed by atoms with E-state index >= 15 is 0 Å².